The van der Waals surface area contributed by atoms with Crippen molar-refractivity contribution in [3.8, 4) is 0 Å². The number of carbonyl (C=O) groups is 2. The second kappa shape index (κ2) is 8.68. The third-order valence-corrected chi connectivity index (χ3v) is 6.17. The Hall–Kier alpha value is -0.580. The molecule has 1 N–H and O–H groups in total. The molecule has 0 bridgehead atoms. The average molecular weight is 404 g/mol. The molecule has 1 fully saturated rings. The van der Waals surface area contributed by atoms with Gasteiger partial charge in [-0.05, 0) is 43.9 Å². The van der Waals surface area contributed by atoms with E-state index in [0.717, 1.165) is 18.4 Å². The number of ether oxygens (including phenoxy) is 1. The van der Waals surface area contributed by atoms with Crippen LogP contribution in [-0.2, 0) is 14.3 Å². The van der Waals surface area contributed by atoms with Gasteiger partial charge in [0.2, 0.25) is 5.91 Å². The first-order valence-corrected chi connectivity index (χ1v) is 9.92. The van der Waals surface area contributed by atoms with E-state index in [2.05, 4.69) is 35.1 Å². The zero-order chi connectivity index (χ0) is 18.5. The number of carbonyl (C=O) groups excluding carboxylic acids is 2. The second-order valence-corrected chi connectivity index (χ2v) is 9.88. The molecular weight excluding hydrogens is 370 g/mol. The minimum atomic E-state index is -0.852. The van der Waals surface area contributed by atoms with Gasteiger partial charge in [0.05, 0.1) is 7.11 Å². The van der Waals surface area contributed by atoms with Crippen molar-refractivity contribution < 1.29 is 14.3 Å². The number of hydrogen-bond donors (Lipinski definition) is 1. The van der Waals surface area contributed by atoms with Crippen molar-refractivity contribution in [2.75, 3.05) is 13.7 Å². The lowest BCUT2D eigenvalue weighted by atomic mass is 9.82. The van der Waals surface area contributed by atoms with Crippen LogP contribution in [0, 0.1) is 23.2 Å². The highest BCUT2D eigenvalue weighted by Crippen LogP contribution is 2.40. The van der Waals surface area contributed by atoms with Crippen molar-refractivity contribution >= 4 is 27.8 Å². The molecule has 1 saturated carbocycles. The predicted octanol–water partition coefficient (Wildman–Crippen LogP) is 4.31. The van der Waals surface area contributed by atoms with Crippen LogP contribution in [0.2, 0.25) is 0 Å². The molecule has 5 heteroatoms. The molecule has 4 unspecified atom stereocenters. The summed E-state index contributed by atoms with van der Waals surface area (Å²) in [7, 11) is 1.37. The number of hydrogen-bond acceptors (Lipinski definition) is 3. The summed E-state index contributed by atoms with van der Waals surface area (Å²) in [6.45, 7) is 10.8. The minimum absolute atomic E-state index is 0.00637. The van der Waals surface area contributed by atoms with Gasteiger partial charge >= 0.3 is 5.97 Å². The highest BCUT2D eigenvalue weighted by molar-refractivity contribution is 9.10. The van der Waals surface area contributed by atoms with Gasteiger partial charge in [-0.1, -0.05) is 56.5 Å². The molecule has 24 heavy (non-hydrogen) atoms. The number of amides is 1. The Morgan fingerprint density at radius 3 is 2.21 bits per heavy atom. The van der Waals surface area contributed by atoms with E-state index in [1.165, 1.54) is 32.8 Å². The molecule has 4 nitrogen and oxygen atoms in total. The van der Waals surface area contributed by atoms with Gasteiger partial charge in [0.1, 0.15) is 4.32 Å². The highest BCUT2D eigenvalue weighted by atomic mass is 79.9. The Kier molecular flexibility index (Phi) is 7.76. The highest BCUT2D eigenvalue weighted by Gasteiger charge is 2.41. The lowest BCUT2D eigenvalue weighted by molar-refractivity contribution is -0.144. The number of nitrogens with one attached hydrogen (secondary N) is 1. The Morgan fingerprint density at radius 2 is 1.71 bits per heavy atom. The van der Waals surface area contributed by atoms with E-state index in [0.29, 0.717) is 12.3 Å². The summed E-state index contributed by atoms with van der Waals surface area (Å²) in [6, 6.07) is 0. The van der Waals surface area contributed by atoms with E-state index in [1.807, 2.05) is 13.8 Å². The van der Waals surface area contributed by atoms with Gasteiger partial charge in [-0.3, -0.25) is 9.59 Å². The molecule has 1 rings (SSSR count). The van der Waals surface area contributed by atoms with Crippen LogP contribution in [-0.4, -0.2) is 29.9 Å². The molecule has 0 heterocycles. The summed E-state index contributed by atoms with van der Waals surface area (Å²) < 4.78 is 3.97. The van der Waals surface area contributed by atoms with Crippen molar-refractivity contribution in [2.24, 2.45) is 23.2 Å². The van der Waals surface area contributed by atoms with Crippen LogP contribution < -0.4 is 5.32 Å². The number of rotatable bonds is 8. The van der Waals surface area contributed by atoms with E-state index in [4.69, 9.17) is 4.74 Å². The first-order valence-electron chi connectivity index (χ1n) is 9.13. The van der Waals surface area contributed by atoms with Crippen LogP contribution in [0.1, 0.15) is 66.7 Å². The predicted molar refractivity (Wildman–Crippen MR) is 101 cm³/mol. The summed E-state index contributed by atoms with van der Waals surface area (Å²) in [4.78, 5) is 24.5. The molecule has 0 spiro atoms. The van der Waals surface area contributed by atoms with Gasteiger partial charge in [0.15, 0.2) is 0 Å². The average Bonchev–Trinajstić information content (AvgIpc) is 2.92. The van der Waals surface area contributed by atoms with Crippen LogP contribution in [0.5, 0.6) is 0 Å². The Labute approximate surface area is 155 Å². The molecule has 0 aromatic heterocycles. The smallest absolute Gasteiger partial charge is 0.322 e. The van der Waals surface area contributed by atoms with Crippen molar-refractivity contribution in [1.29, 1.82) is 0 Å². The molecule has 0 aromatic carbocycles. The first-order chi connectivity index (χ1) is 11.1. The van der Waals surface area contributed by atoms with Gasteiger partial charge in [-0.25, -0.2) is 0 Å². The quantitative estimate of drug-likeness (QED) is 0.485. The SMILES string of the molecule is CCC1CC(CC)C(CNC(=O)C(C)(C)CC(C)(Br)C(=O)OC)C1. The third kappa shape index (κ3) is 5.47. The van der Waals surface area contributed by atoms with Gasteiger partial charge in [0.25, 0.3) is 0 Å². The van der Waals surface area contributed by atoms with Gasteiger partial charge in [0, 0.05) is 12.0 Å². The summed E-state index contributed by atoms with van der Waals surface area (Å²) in [5.41, 5.74) is -0.642. The van der Waals surface area contributed by atoms with Crippen molar-refractivity contribution in [2.45, 2.75) is 71.0 Å². The van der Waals surface area contributed by atoms with E-state index < -0.39 is 9.74 Å². The molecule has 1 aliphatic rings. The fourth-order valence-electron chi connectivity index (χ4n) is 4.08. The van der Waals surface area contributed by atoms with E-state index in [1.54, 1.807) is 6.92 Å². The number of methoxy groups -OCH3 is 1. The lowest BCUT2D eigenvalue weighted by Crippen LogP contribution is -2.45. The Bertz CT molecular complexity index is 448. The largest absolute Gasteiger partial charge is 0.468 e. The van der Waals surface area contributed by atoms with E-state index in [9.17, 15) is 9.59 Å². The summed E-state index contributed by atoms with van der Waals surface area (Å²) >= 11 is 3.41. The van der Waals surface area contributed by atoms with Crippen molar-refractivity contribution in [1.82, 2.24) is 5.32 Å². The van der Waals surface area contributed by atoms with Gasteiger partial charge < -0.3 is 10.1 Å². The topological polar surface area (TPSA) is 55.4 Å². The normalized spacial score (nSPS) is 26.7. The van der Waals surface area contributed by atoms with Crippen LogP contribution in [0.15, 0.2) is 0 Å². The third-order valence-electron chi connectivity index (χ3n) is 5.56. The fourth-order valence-corrected chi connectivity index (χ4v) is 4.94. The zero-order valence-corrected chi connectivity index (χ0v) is 17.7. The molecule has 140 valence electrons. The minimum Gasteiger partial charge on any atom is -0.468 e. The van der Waals surface area contributed by atoms with E-state index in [-0.39, 0.29) is 11.9 Å². The maximum atomic E-state index is 12.7. The second-order valence-electron chi connectivity index (χ2n) is 8.13. The Balaban J connectivity index is 2.61. The monoisotopic (exact) mass is 403 g/mol. The number of alkyl halides is 1. The Morgan fingerprint density at radius 1 is 1.12 bits per heavy atom. The molecule has 0 aliphatic heterocycles. The van der Waals surface area contributed by atoms with Gasteiger partial charge in [-0.15, -0.1) is 0 Å². The summed E-state index contributed by atoms with van der Waals surface area (Å²) in [5.74, 6) is 1.75. The van der Waals surface area contributed by atoms with Crippen LogP contribution in [0.3, 0.4) is 0 Å². The summed E-state index contributed by atoms with van der Waals surface area (Å²) in [6.07, 6.45) is 5.31. The van der Waals surface area contributed by atoms with Crippen LogP contribution >= 0.6 is 15.9 Å². The molecule has 0 saturated heterocycles. The van der Waals surface area contributed by atoms with E-state index >= 15 is 0 Å². The lowest BCUT2D eigenvalue weighted by Gasteiger charge is -2.31. The molecule has 1 amide bonds. The summed E-state index contributed by atoms with van der Waals surface area (Å²) in [5, 5.41) is 3.14. The molecule has 1 aliphatic carbocycles. The maximum Gasteiger partial charge on any atom is 0.322 e. The zero-order valence-electron chi connectivity index (χ0n) is 16.1. The molecule has 4 atom stereocenters. The maximum absolute atomic E-state index is 12.7. The first kappa shape index (κ1) is 21.5. The standard InChI is InChI=1S/C19H34BrNO3/c1-7-13-9-14(8-2)15(10-13)11-21-16(22)18(3,4)12-19(5,20)17(23)24-6/h13-15H,7-12H2,1-6H3,(H,21,22). The molecule has 0 aromatic rings. The van der Waals surface area contributed by atoms with Crippen molar-refractivity contribution in [3.05, 3.63) is 0 Å². The van der Waals surface area contributed by atoms with Gasteiger partial charge in [-0.2, -0.15) is 0 Å². The molecule has 0 radical (unpaired) electrons. The number of halogens is 1. The fraction of sp³-hybridized carbons (Fsp3) is 0.895. The number of esters is 1. The molecular formula is C19H34BrNO3. The van der Waals surface area contributed by atoms with Crippen molar-refractivity contribution in [3.63, 3.8) is 0 Å². The van der Waals surface area contributed by atoms with Crippen LogP contribution in [0.4, 0.5) is 0 Å². The van der Waals surface area contributed by atoms with Crippen LogP contribution in [0.25, 0.3) is 0 Å².